The van der Waals surface area contributed by atoms with Gasteiger partial charge in [-0.1, -0.05) is 119 Å². The normalized spacial score (nSPS) is 11.3. The van der Waals surface area contributed by atoms with E-state index in [-0.39, 0.29) is 108 Å². The van der Waals surface area contributed by atoms with Crippen molar-refractivity contribution >= 4 is 54.1 Å². The van der Waals surface area contributed by atoms with Crippen LogP contribution in [0.1, 0.15) is 164 Å². The molecule has 11 N–H and O–H groups in total. The van der Waals surface area contributed by atoms with Gasteiger partial charge >= 0.3 is 59.9 Å². The van der Waals surface area contributed by atoms with Gasteiger partial charge in [0.2, 0.25) is 23.6 Å². The third kappa shape index (κ3) is 40.9. The summed E-state index contributed by atoms with van der Waals surface area (Å²) in [6.45, 7) is 18.9. The van der Waals surface area contributed by atoms with Gasteiger partial charge in [0.05, 0.1) is 59.5 Å². The van der Waals surface area contributed by atoms with Crippen molar-refractivity contribution in [1.82, 2.24) is 35.1 Å². The molecule has 0 aromatic heterocycles. The molecule has 0 fully saturated rings. The summed E-state index contributed by atoms with van der Waals surface area (Å²) >= 11 is 4.74. The van der Waals surface area contributed by atoms with E-state index in [0.29, 0.717) is 96.9 Å². The van der Waals surface area contributed by atoms with E-state index in [1.165, 1.54) is 9.80 Å². The van der Waals surface area contributed by atoms with Gasteiger partial charge in [-0.3, -0.25) is 33.9 Å². The molecular weight excluding hydrogens is 1230 g/mol. The van der Waals surface area contributed by atoms with Gasteiger partial charge in [0.25, 0.3) is 0 Å². The van der Waals surface area contributed by atoms with Crippen molar-refractivity contribution in [3.8, 4) is 0 Å². The Morgan fingerprint density at radius 3 is 1.07 bits per heavy atom. The van der Waals surface area contributed by atoms with E-state index in [0.717, 1.165) is 103 Å². The van der Waals surface area contributed by atoms with Gasteiger partial charge in [-0.15, -0.1) is 0 Å². The van der Waals surface area contributed by atoms with E-state index >= 15 is 0 Å². The predicted molar refractivity (Wildman–Crippen MR) is 332 cm³/mol. The molecule has 0 saturated carbocycles. The van der Waals surface area contributed by atoms with Gasteiger partial charge in [0.1, 0.15) is 10.8 Å². The second-order valence-corrected chi connectivity index (χ2v) is 23.7. The minimum absolute atomic E-state index is 0.0418. The molecule has 20 nitrogen and oxygen atoms in total. The summed E-state index contributed by atoms with van der Waals surface area (Å²) in [5, 5.41) is 95.6. The number of likely N-dealkylation sites (N-methyl/N-ethyl adjacent to an activating group) is 1. The molecule has 0 radical (unpaired) electrons. The standard InChI is InChI=1S/C19H39N3O4.C19H42N2O4.C18H36N2O5.2CH2.HI.2V/c1-4-6-9-19(10-7-5-2,17(25)20-3)18(26)21-11-8-12-22(13-15-23)14-16-24;1-3-5-7-19(8-6-4-2,17-20(9-13-22)10-14-23)18-21(11-15-24)12-16-25;1-4-6-8-18(9-7-5-2,16(24)19(3)10-13-21)17(25)20(11-14-22)12-15-23;;;;;/h23-24H,4-16H2,1-3H3,(H,20,25)(H,21,26);22-25H,3-18H2,1-2H3;21-23H,4-15H2,1-3H3;2*1H2;1H;;/q;;;;;;;+1/p-1. The third-order valence-electron chi connectivity index (χ3n) is 14.2. The van der Waals surface area contributed by atoms with Gasteiger partial charge in [-0.05, 0) is 56.9 Å². The molecule has 81 heavy (non-hydrogen) atoms. The molecule has 0 aliphatic carbocycles. The topological polar surface area (TPSA) is 291 Å². The van der Waals surface area contributed by atoms with Crippen LogP contribution in [0.4, 0.5) is 0 Å². The van der Waals surface area contributed by atoms with Crippen LogP contribution in [-0.2, 0) is 48.6 Å². The number of carbonyl (C=O) groups is 4. The summed E-state index contributed by atoms with van der Waals surface area (Å²) in [6, 6.07) is 0. The molecule has 0 aromatic carbocycles. The molecule has 483 valence electrons. The maximum absolute atomic E-state index is 13.3. The molecular formula is C58H121IN7O13V2. The SMILES string of the molecule is CCCCC(CCCC)(C(=O)N(C)CCO)C(=O)N(CCO)CCO.CCCCC(CCCC)(C(=O)NC)C(=O)NCCCN(CCO)CCO.CCCCC(CCCC)(CN(CCO)CCO)CN(CCO)CCO.[CH2]=[V].[CH2]=[V][I]. The molecule has 0 atom stereocenters. The van der Waals surface area contributed by atoms with Crippen LogP contribution in [0.5, 0.6) is 0 Å². The number of unbranched alkanes of at least 4 members (excludes halogenated alkanes) is 6. The van der Waals surface area contributed by atoms with Crippen molar-refractivity contribution in [3.05, 3.63) is 0 Å². The molecule has 0 aliphatic heterocycles. The number of hydrogen-bond acceptors (Lipinski definition) is 16. The van der Waals surface area contributed by atoms with E-state index in [9.17, 15) is 49.8 Å². The number of amides is 4. The molecule has 0 unspecified atom stereocenters. The van der Waals surface area contributed by atoms with Crippen LogP contribution in [0.3, 0.4) is 0 Å². The monoisotopic (exact) mass is 1350 g/mol. The zero-order valence-corrected chi connectivity index (χ0v) is 57.0. The van der Waals surface area contributed by atoms with Crippen LogP contribution >= 0.6 is 20.0 Å². The Morgan fingerprint density at radius 1 is 0.457 bits per heavy atom. The average molecular weight is 1350 g/mol. The van der Waals surface area contributed by atoms with Gasteiger partial charge in [-0.25, -0.2) is 0 Å². The van der Waals surface area contributed by atoms with Crippen LogP contribution in [0.25, 0.3) is 0 Å². The number of nitrogens with zero attached hydrogens (tertiary/aromatic N) is 5. The molecule has 0 rings (SSSR count). The first-order chi connectivity index (χ1) is 39.0. The quantitative estimate of drug-likeness (QED) is 0.0237. The Balaban J connectivity index is -0.000000342. The number of nitrogens with one attached hydrogen (secondary N) is 2. The number of halogens is 1. The molecule has 0 heterocycles. The van der Waals surface area contributed by atoms with Crippen LogP contribution in [0.15, 0.2) is 0 Å². The number of aliphatic hydroxyl groups excluding tert-OH is 9. The van der Waals surface area contributed by atoms with Crippen molar-refractivity contribution < 1.29 is 94.5 Å². The molecule has 0 aromatic rings. The molecule has 0 bridgehead atoms. The van der Waals surface area contributed by atoms with E-state index in [2.05, 4.69) is 95.6 Å². The van der Waals surface area contributed by atoms with Gasteiger partial charge in [-0.2, -0.15) is 0 Å². The van der Waals surface area contributed by atoms with Gasteiger partial charge < -0.3 is 66.4 Å². The van der Waals surface area contributed by atoms with E-state index in [4.69, 9.17) is 15.3 Å². The molecule has 23 heteroatoms. The fourth-order valence-electron chi connectivity index (χ4n) is 9.90. The number of hydrogen-bond donors (Lipinski definition) is 11. The Kier molecular flexibility index (Phi) is 68.1. The summed E-state index contributed by atoms with van der Waals surface area (Å²) in [5.74, 6) is -0.990. The first-order valence-corrected chi connectivity index (χ1v) is 36.6. The third-order valence-corrected chi connectivity index (χ3v) is 14.2. The zero-order valence-electron chi connectivity index (χ0n) is 52.1. The number of carbonyl (C=O) groups excluding carboxylic acids is 4. The van der Waals surface area contributed by atoms with Crippen molar-refractivity contribution in [3.63, 3.8) is 0 Å². The van der Waals surface area contributed by atoms with Crippen molar-refractivity contribution in [2.45, 2.75) is 164 Å². The van der Waals surface area contributed by atoms with Crippen molar-refractivity contribution in [2.24, 2.45) is 16.2 Å². The Labute approximate surface area is 518 Å². The van der Waals surface area contributed by atoms with Crippen LogP contribution < -0.4 is 10.6 Å². The summed E-state index contributed by atoms with van der Waals surface area (Å²) in [6.07, 6.45) is 16.2. The molecule has 4 amide bonds. The van der Waals surface area contributed by atoms with Crippen LogP contribution in [0, 0.1) is 16.2 Å². The second-order valence-electron chi connectivity index (χ2n) is 20.5. The fraction of sp³-hybridized carbons (Fsp3) is 0.897. The average Bonchev–Trinajstić information content (AvgIpc) is 3.49. The molecule has 0 spiro atoms. The zero-order chi connectivity index (χ0) is 62.8. The summed E-state index contributed by atoms with van der Waals surface area (Å²) in [4.78, 5) is 61.0. The first kappa shape index (κ1) is 88.8. The Hall–Kier alpha value is -0.961. The summed E-state index contributed by atoms with van der Waals surface area (Å²) < 4.78 is 0. The van der Waals surface area contributed by atoms with E-state index in [1.54, 1.807) is 14.1 Å². The predicted octanol–water partition coefficient (Wildman–Crippen LogP) is 3.25. The summed E-state index contributed by atoms with van der Waals surface area (Å²) in [7, 11) is 3.19. The first-order valence-electron chi connectivity index (χ1n) is 30.1. The number of rotatable bonds is 48. The van der Waals surface area contributed by atoms with Gasteiger partial charge in [0.15, 0.2) is 0 Å². The number of aliphatic hydroxyl groups is 9. The van der Waals surface area contributed by atoms with Crippen molar-refractivity contribution in [1.29, 1.82) is 0 Å². The van der Waals surface area contributed by atoms with Crippen molar-refractivity contribution in [2.75, 3.05) is 159 Å². The maximum atomic E-state index is 13.3. The second kappa shape index (κ2) is 62.1. The Morgan fingerprint density at radius 2 is 0.765 bits per heavy atom. The minimum atomic E-state index is -1.19. The fourth-order valence-corrected chi connectivity index (χ4v) is 9.90. The van der Waals surface area contributed by atoms with E-state index < -0.39 is 10.8 Å². The van der Waals surface area contributed by atoms with Crippen LogP contribution in [-0.4, -0.2) is 263 Å². The van der Waals surface area contributed by atoms with E-state index in [1.807, 2.05) is 18.7 Å². The Bertz CT molecular complexity index is 1410. The molecule has 0 saturated heterocycles. The molecule has 0 aliphatic rings. The van der Waals surface area contributed by atoms with Crippen LogP contribution in [0.2, 0.25) is 0 Å². The summed E-state index contributed by atoms with van der Waals surface area (Å²) in [5.41, 5.74) is -2.13. The van der Waals surface area contributed by atoms with Gasteiger partial charge in [0, 0.05) is 92.6 Å².